The molecule has 540 valence electrons. The molecule has 8 fully saturated rings. The lowest BCUT2D eigenvalue weighted by atomic mass is 9.60. The molecule has 8 aliphatic rings. The second-order valence-electron chi connectivity index (χ2n) is 27.5. The number of benzene rings is 2. The first-order valence-electron chi connectivity index (χ1n) is 33.8. The van der Waals surface area contributed by atoms with Crippen LogP contribution in [0.2, 0.25) is 35.3 Å². The quantitative estimate of drug-likeness (QED) is 0.0513. The normalized spacial score (nSPS) is 23.5. The summed E-state index contributed by atoms with van der Waals surface area (Å²) in [5.41, 5.74) is 56.4. The molecule has 16 rings (SSSR count). The molecule has 0 bridgehead atoms. The van der Waals surface area contributed by atoms with Crippen molar-refractivity contribution < 1.29 is 0 Å². The molecule has 4 aliphatic heterocycles. The third-order valence-electron chi connectivity index (χ3n) is 21.9. The van der Waals surface area contributed by atoms with E-state index < -0.39 is 0 Å². The van der Waals surface area contributed by atoms with E-state index in [2.05, 4.69) is 69.4 Å². The van der Waals surface area contributed by atoms with Gasteiger partial charge in [-0.25, -0.2) is 49.8 Å². The van der Waals surface area contributed by atoms with Gasteiger partial charge in [-0.05, 0) is 137 Å². The van der Waals surface area contributed by atoms with Gasteiger partial charge in [0.1, 0.15) is 54.3 Å². The van der Waals surface area contributed by atoms with Gasteiger partial charge in [-0.3, -0.25) is 0 Å². The Hall–Kier alpha value is -5.47. The third-order valence-corrected chi connectivity index (χ3v) is 29.4. The molecule has 0 radical (unpaired) electrons. The molecule has 4 aliphatic carbocycles. The summed E-state index contributed by atoms with van der Waals surface area (Å²) < 4.78 is 0. The minimum atomic E-state index is 0.260. The lowest BCUT2D eigenvalue weighted by Gasteiger charge is -2.52. The molecule has 8 aromatic rings. The Morgan fingerprint density at radius 1 is 0.333 bits per heavy atom. The molecular formula is C68H80Cl7N23S4. The Morgan fingerprint density at radius 2 is 0.637 bits per heavy atom. The van der Waals surface area contributed by atoms with E-state index in [0.29, 0.717) is 109 Å². The zero-order valence-electron chi connectivity index (χ0n) is 55.7. The van der Waals surface area contributed by atoms with Crippen LogP contribution in [0.4, 0.5) is 52.4 Å². The predicted octanol–water partition coefficient (Wildman–Crippen LogP) is 13.8. The van der Waals surface area contributed by atoms with E-state index in [1.54, 1.807) is 61.4 Å². The SMILES string of the molecule is Nc1nc(N2CCC3(CC[C@@H]3N)CC2)cnc1Sc1ccnc(Cl)c1Cl.Nc1nc(N2CCC3(CC[C@@H]3N)CC2)cnc1Sc1ccnc(N)c1Cl.Nc1nc(N2CC[C@@]3(CC[C@@H]3N)C2)cnc1Sc1cccc(Cl)c1Cl.Nc1nc(N2CC[C@]3(CC[C@H]3N)C2)cnc1Sc1cccc(Cl)c1Cl. The van der Waals surface area contributed by atoms with E-state index in [4.69, 9.17) is 133 Å². The second-order valence-corrected chi connectivity index (χ2v) is 34.3. The maximum atomic E-state index is 6.24. The Labute approximate surface area is 645 Å². The van der Waals surface area contributed by atoms with Crippen LogP contribution in [0.5, 0.6) is 0 Å². The van der Waals surface area contributed by atoms with Crippen LogP contribution in [0, 0.1) is 21.7 Å². The molecule has 6 aromatic heterocycles. The van der Waals surface area contributed by atoms with Gasteiger partial charge in [0.2, 0.25) is 0 Å². The van der Waals surface area contributed by atoms with E-state index >= 15 is 0 Å². The first-order valence-corrected chi connectivity index (χ1v) is 39.7. The average molecular weight is 1600 g/mol. The van der Waals surface area contributed by atoms with Crippen molar-refractivity contribution >= 4 is 181 Å². The van der Waals surface area contributed by atoms with E-state index in [0.717, 1.165) is 159 Å². The lowest BCUT2D eigenvalue weighted by molar-refractivity contribution is 0.0610. The third kappa shape index (κ3) is 15.8. The first-order chi connectivity index (χ1) is 48.9. The van der Waals surface area contributed by atoms with E-state index in [-0.39, 0.29) is 21.8 Å². The van der Waals surface area contributed by atoms with Crippen molar-refractivity contribution in [3.05, 3.63) is 121 Å². The highest BCUT2D eigenvalue weighted by molar-refractivity contribution is 8.00. The molecule has 102 heavy (non-hydrogen) atoms. The van der Waals surface area contributed by atoms with Crippen LogP contribution < -0.4 is 71.2 Å². The van der Waals surface area contributed by atoms with Gasteiger partial charge in [-0.15, -0.1) is 0 Å². The molecule has 4 spiro atoms. The highest BCUT2D eigenvalue weighted by atomic mass is 35.5. The number of halogens is 7. The highest BCUT2D eigenvalue weighted by Crippen LogP contribution is 2.53. The summed E-state index contributed by atoms with van der Waals surface area (Å²) in [5.74, 6) is 5.12. The molecule has 4 saturated carbocycles. The number of rotatable bonds is 12. The van der Waals surface area contributed by atoms with Crippen LogP contribution in [0.3, 0.4) is 0 Å². The maximum absolute atomic E-state index is 6.24. The minimum Gasteiger partial charge on any atom is -0.382 e. The highest BCUT2D eigenvalue weighted by Gasteiger charge is 2.51. The Kier molecular flexibility index (Phi) is 23.1. The van der Waals surface area contributed by atoms with Gasteiger partial charge in [0, 0.05) is 119 Å². The van der Waals surface area contributed by atoms with Crippen LogP contribution >= 0.6 is 128 Å². The largest absolute Gasteiger partial charge is 0.382 e. The van der Waals surface area contributed by atoms with Crippen LogP contribution in [0.15, 0.2) is 125 Å². The Bertz CT molecular complexity index is 4100. The number of nitrogens with zero attached hydrogens (tertiary/aromatic N) is 14. The van der Waals surface area contributed by atoms with E-state index in [9.17, 15) is 0 Å². The molecule has 0 unspecified atom stereocenters. The van der Waals surface area contributed by atoms with Crippen molar-refractivity contribution in [2.45, 2.75) is 154 Å². The number of aromatic nitrogens is 10. The topological polar surface area (TPSA) is 376 Å². The summed E-state index contributed by atoms with van der Waals surface area (Å²) in [7, 11) is 0. The molecular weight excluding hydrogens is 1520 g/mol. The first kappa shape index (κ1) is 74.8. The van der Waals surface area contributed by atoms with Gasteiger partial charge in [0.15, 0.2) is 23.3 Å². The van der Waals surface area contributed by atoms with E-state index in [1.165, 1.54) is 72.7 Å². The van der Waals surface area contributed by atoms with Crippen LogP contribution in [-0.4, -0.2) is 126 Å². The minimum absolute atomic E-state index is 0.260. The van der Waals surface area contributed by atoms with Gasteiger partial charge in [0.05, 0.1) is 54.9 Å². The fourth-order valence-electron chi connectivity index (χ4n) is 14.7. The molecule has 18 N–H and O–H groups in total. The van der Waals surface area contributed by atoms with Crippen LogP contribution in [-0.2, 0) is 0 Å². The molecule has 10 heterocycles. The fourth-order valence-corrected chi connectivity index (χ4v) is 19.5. The molecule has 4 saturated heterocycles. The number of hydrogen-bond donors (Lipinski definition) is 9. The van der Waals surface area contributed by atoms with Crippen LogP contribution in [0.25, 0.3) is 0 Å². The van der Waals surface area contributed by atoms with Crippen molar-refractivity contribution in [2.24, 2.45) is 44.6 Å². The lowest BCUT2D eigenvalue weighted by Crippen LogP contribution is -2.56. The van der Waals surface area contributed by atoms with Crippen molar-refractivity contribution in [3.63, 3.8) is 0 Å². The summed E-state index contributed by atoms with van der Waals surface area (Å²) in [6.45, 7) is 7.56. The van der Waals surface area contributed by atoms with E-state index in [1.807, 2.05) is 24.3 Å². The van der Waals surface area contributed by atoms with Crippen molar-refractivity contribution in [1.29, 1.82) is 0 Å². The second kappa shape index (κ2) is 31.5. The van der Waals surface area contributed by atoms with Gasteiger partial charge in [-0.1, -0.05) is 140 Å². The molecule has 0 amide bonds. The monoisotopic (exact) mass is 1590 g/mol. The Morgan fingerprint density at radius 3 is 0.951 bits per heavy atom. The smallest absolute Gasteiger partial charge is 0.158 e. The summed E-state index contributed by atoms with van der Waals surface area (Å²) in [5, 5.41) is 5.54. The predicted molar refractivity (Wildman–Crippen MR) is 418 cm³/mol. The van der Waals surface area contributed by atoms with Crippen molar-refractivity contribution in [3.8, 4) is 0 Å². The van der Waals surface area contributed by atoms with Crippen molar-refractivity contribution in [1.82, 2.24) is 49.8 Å². The summed E-state index contributed by atoms with van der Waals surface area (Å²) in [6, 6.07) is 15.9. The summed E-state index contributed by atoms with van der Waals surface area (Å²) >= 11 is 48.3. The van der Waals surface area contributed by atoms with Crippen molar-refractivity contribution in [2.75, 3.05) is 101 Å². The van der Waals surface area contributed by atoms with Gasteiger partial charge in [-0.2, -0.15) is 0 Å². The number of anilines is 9. The summed E-state index contributed by atoms with van der Waals surface area (Å²) in [6.07, 6.45) is 26.4. The molecule has 23 nitrogen and oxygen atoms in total. The Balaban J connectivity index is 0.000000121. The number of hydrogen-bond acceptors (Lipinski definition) is 27. The summed E-state index contributed by atoms with van der Waals surface area (Å²) in [4.78, 5) is 56.2. The number of pyridine rings is 2. The van der Waals surface area contributed by atoms with Gasteiger partial charge in [0.25, 0.3) is 0 Å². The zero-order valence-corrected chi connectivity index (χ0v) is 64.2. The molecule has 34 heteroatoms. The number of nitrogens with two attached hydrogens (primary N) is 9. The van der Waals surface area contributed by atoms with Gasteiger partial charge < -0.3 is 71.2 Å². The maximum Gasteiger partial charge on any atom is 0.158 e. The zero-order chi connectivity index (χ0) is 71.8. The number of piperidine rings is 2. The molecule has 2 aromatic carbocycles. The standard InChI is InChI=1S/C17H20Cl2N6S.2C17H19Cl2N5S.C17H22ClN7S/c18-13-10(2-6-22-14(13)19)26-16-15(21)24-12(9-23-16)25-7-4-17(5-8-25)3-1-11(17)20;2*18-10-2-1-3-11(14(10)19)25-16-15(21)23-13(8-22-16)24-7-6-17(9-24)5-4-12(17)20;18-13-10(2-6-22-14(13)20)26-16-15(21)24-12(9-23-16)25-7-4-17(5-8-25)3-1-11(17)19/h2,6,9,11H,1,3-5,7-8,20H2,(H2,21,24);2*1-3,8,12H,4-7,9,20H2,(H2,21,23);2,6,9,11H,1,3-5,7-8,19H2,(H2,20,22)(H2,21,24)/t11-;2*12-,17-;11-/m0100/s1. The van der Waals surface area contributed by atoms with Gasteiger partial charge >= 0.3 is 0 Å². The molecule has 6 atom stereocenters. The average Bonchev–Trinajstić information content (AvgIpc) is 1.29. The van der Waals surface area contributed by atoms with Crippen LogP contribution in [0.1, 0.15) is 89.9 Å². The number of nitrogen functional groups attached to an aromatic ring is 5. The fraction of sp³-hybridized carbons (Fsp3) is 0.441.